The van der Waals surface area contributed by atoms with Crippen LogP contribution in [-0.4, -0.2) is 41.7 Å². The molecule has 1 aromatic carbocycles. The van der Waals surface area contributed by atoms with Crippen molar-refractivity contribution < 1.29 is 9.53 Å². The lowest BCUT2D eigenvalue weighted by atomic mass is 10.1. The molecule has 120 valence electrons. The highest BCUT2D eigenvalue weighted by Gasteiger charge is 2.32. The summed E-state index contributed by atoms with van der Waals surface area (Å²) in [4.78, 5) is 17.8. The number of amides is 2. The number of carbonyl (C=O) groups is 1. The fourth-order valence-electron chi connectivity index (χ4n) is 2.36. The average Bonchev–Trinajstić information content (AvgIpc) is 2.53. The van der Waals surface area contributed by atoms with Crippen LogP contribution >= 0.6 is 11.6 Å². The van der Waals surface area contributed by atoms with Gasteiger partial charge in [0.2, 0.25) is 5.88 Å². The van der Waals surface area contributed by atoms with Gasteiger partial charge in [0.05, 0.1) is 13.1 Å². The summed E-state index contributed by atoms with van der Waals surface area (Å²) < 4.78 is 5.67. The number of nitrogens with zero attached hydrogens (tertiary/aromatic N) is 2. The van der Waals surface area contributed by atoms with Crippen LogP contribution in [0.5, 0.6) is 5.88 Å². The normalized spacial score (nSPS) is 14.2. The highest BCUT2D eigenvalue weighted by molar-refractivity contribution is 6.31. The number of benzene rings is 1. The zero-order chi connectivity index (χ0) is 16.1. The van der Waals surface area contributed by atoms with Gasteiger partial charge in [-0.15, -0.1) is 0 Å². The zero-order valence-electron chi connectivity index (χ0n) is 12.6. The van der Waals surface area contributed by atoms with Gasteiger partial charge in [0.25, 0.3) is 0 Å². The molecule has 0 saturated carbocycles. The van der Waals surface area contributed by atoms with Crippen LogP contribution in [0.1, 0.15) is 5.56 Å². The fourth-order valence-corrected chi connectivity index (χ4v) is 2.53. The topological polar surface area (TPSA) is 54.5 Å². The lowest BCUT2D eigenvalue weighted by Crippen LogP contribution is -2.59. The van der Waals surface area contributed by atoms with Gasteiger partial charge in [-0.1, -0.05) is 41.9 Å². The standard InChI is InChI=1S/C17H18ClN3O2/c18-15-7-4-9-19-16(15)23-14-11-21(12-14)17(22)20-10-8-13-5-2-1-3-6-13/h1-7,9,14H,8,10-12H2,(H,20,22). The maximum absolute atomic E-state index is 12.0. The van der Waals surface area contributed by atoms with Crippen LogP contribution in [0, 0.1) is 0 Å². The number of pyridine rings is 1. The van der Waals surface area contributed by atoms with Gasteiger partial charge in [-0.3, -0.25) is 0 Å². The third-order valence-corrected chi connectivity index (χ3v) is 3.96. The molecule has 2 aromatic rings. The van der Waals surface area contributed by atoms with Crippen LogP contribution in [-0.2, 0) is 6.42 Å². The summed E-state index contributed by atoms with van der Waals surface area (Å²) in [6.45, 7) is 1.71. The molecular formula is C17H18ClN3O2. The van der Waals surface area contributed by atoms with Crippen molar-refractivity contribution in [1.29, 1.82) is 0 Å². The van der Waals surface area contributed by atoms with Crippen molar-refractivity contribution >= 4 is 17.6 Å². The number of ether oxygens (including phenoxy) is 1. The molecule has 1 aromatic heterocycles. The number of likely N-dealkylation sites (tertiary alicyclic amines) is 1. The van der Waals surface area contributed by atoms with Crippen LogP contribution in [0.3, 0.4) is 0 Å². The molecule has 3 rings (SSSR count). The second kappa shape index (κ2) is 7.33. The summed E-state index contributed by atoms with van der Waals surface area (Å²) in [5.41, 5.74) is 1.21. The van der Waals surface area contributed by atoms with Crippen molar-refractivity contribution in [2.45, 2.75) is 12.5 Å². The van der Waals surface area contributed by atoms with Crippen LogP contribution in [0.2, 0.25) is 5.02 Å². The second-order valence-corrected chi connectivity index (χ2v) is 5.81. The molecule has 1 saturated heterocycles. The predicted octanol–water partition coefficient (Wildman–Crippen LogP) is 2.75. The van der Waals surface area contributed by atoms with E-state index in [2.05, 4.69) is 22.4 Å². The molecule has 6 heteroatoms. The lowest BCUT2D eigenvalue weighted by molar-refractivity contribution is 0.0416. The summed E-state index contributed by atoms with van der Waals surface area (Å²) in [5.74, 6) is 0.420. The van der Waals surface area contributed by atoms with Gasteiger partial charge in [0.1, 0.15) is 11.1 Å². The minimum atomic E-state index is -0.0621. The molecule has 0 spiro atoms. The minimum Gasteiger partial charge on any atom is -0.470 e. The van der Waals surface area contributed by atoms with Crippen molar-refractivity contribution in [3.05, 3.63) is 59.2 Å². The van der Waals surface area contributed by atoms with Crippen LogP contribution in [0.15, 0.2) is 48.7 Å². The molecule has 23 heavy (non-hydrogen) atoms. The summed E-state index contributed by atoms with van der Waals surface area (Å²) in [5, 5.41) is 3.40. The zero-order valence-corrected chi connectivity index (χ0v) is 13.4. The molecule has 0 radical (unpaired) electrons. The van der Waals surface area contributed by atoms with E-state index >= 15 is 0 Å². The molecule has 1 aliphatic heterocycles. The quantitative estimate of drug-likeness (QED) is 0.916. The number of carbonyl (C=O) groups excluding carboxylic acids is 1. The van der Waals surface area contributed by atoms with Gasteiger partial charge >= 0.3 is 6.03 Å². The first-order valence-corrected chi connectivity index (χ1v) is 7.94. The van der Waals surface area contributed by atoms with Crippen molar-refractivity contribution in [3.8, 4) is 5.88 Å². The Morgan fingerprint density at radius 3 is 2.78 bits per heavy atom. The van der Waals surface area contributed by atoms with Crippen molar-refractivity contribution in [1.82, 2.24) is 15.2 Å². The van der Waals surface area contributed by atoms with Crippen molar-refractivity contribution in [2.75, 3.05) is 19.6 Å². The Morgan fingerprint density at radius 1 is 1.26 bits per heavy atom. The lowest BCUT2D eigenvalue weighted by Gasteiger charge is -2.38. The smallest absolute Gasteiger partial charge is 0.317 e. The van der Waals surface area contributed by atoms with E-state index < -0.39 is 0 Å². The second-order valence-electron chi connectivity index (χ2n) is 5.40. The van der Waals surface area contributed by atoms with Crippen LogP contribution in [0.25, 0.3) is 0 Å². The van der Waals surface area contributed by atoms with Gasteiger partial charge in [-0.05, 0) is 24.1 Å². The molecule has 2 amide bonds. The molecule has 2 heterocycles. The summed E-state index contributed by atoms with van der Waals surface area (Å²) in [7, 11) is 0. The molecular weight excluding hydrogens is 314 g/mol. The van der Waals surface area contributed by atoms with Gasteiger partial charge in [0.15, 0.2) is 0 Å². The number of halogens is 1. The summed E-state index contributed by atoms with van der Waals surface area (Å²) in [6, 6.07) is 13.5. The van der Waals surface area contributed by atoms with E-state index in [9.17, 15) is 4.79 Å². The van der Waals surface area contributed by atoms with Gasteiger partial charge in [-0.2, -0.15) is 0 Å². The van der Waals surface area contributed by atoms with E-state index in [0.29, 0.717) is 30.5 Å². The molecule has 0 atom stereocenters. The van der Waals surface area contributed by atoms with Crippen molar-refractivity contribution in [3.63, 3.8) is 0 Å². The first kappa shape index (κ1) is 15.6. The predicted molar refractivity (Wildman–Crippen MR) is 88.8 cm³/mol. The summed E-state index contributed by atoms with van der Waals surface area (Å²) in [6.07, 6.45) is 2.40. The first-order chi connectivity index (χ1) is 11.2. The van der Waals surface area contributed by atoms with Gasteiger partial charge < -0.3 is 15.0 Å². The molecule has 1 aliphatic rings. The van der Waals surface area contributed by atoms with Gasteiger partial charge in [-0.25, -0.2) is 9.78 Å². The van der Waals surface area contributed by atoms with E-state index in [4.69, 9.17) is 16.3 Å². The largest absolute Gasteiger partial charge is 0.470 e. The number of urea groups is 1. The Kier molecular flexibility index (Phi) is 4.98. The van der Waals surface area contributed by atoms with Crippen LogP contribution in [0.4, 0.5) is 4.79 Å². The Hall–Kier alpha value is -2.27. The number of aromatic nitrogens is 1. The Balaban J connectivity index is 1.37. The minimum absolute atomic E-state index is 0.0535. The SMILES string of the molecule is O=C(NCCc1ccccc1)N1CC(Oc2ncccc2Cl)C1. The third-order valence-electron chi connectivity index (χ3n) is 3.67. The molecule has 0 aliphatic carbocycles. The first-order valence-electron chi connectivity index (χ1n) is 7.56. The highest BCUT2D eigenvalue weighted by Crippen LogP contribution is 2.23. The molecule has 1 fully saturated rings. The number of rotatable bonds is 5. The average molecular weight is 332 g/mol. The van der Waals surface area contributed by atoms with E-state index in [1.807, 2.05) is 18.2 Å². The Morgan fingerprint density at radius 2 is 2.04 bits per heavy atom. The Labute approximate surface area is 140 Å². The molecule has 0 bridgehead atoms. The molecule has 5 nitrogen and oxygen atoms in total. The fraction of sp³-hybridized carbons (Fsp3) is 0.294. The third kappa shape index (κ3) is 4.13. The maximum Gasteiger partial charge on any atom is 0.317 e. The van der Waals surface area contributed by atoms with E-state index in [0.717, 1.165) is 6.42 Å². The van der Waals surface area contributed by atoms with Crippen molar-refractivity contribution in [2.24, 2.45) is 0 Å². The number of nitrogens with one attached hydrogen (secondary N) is 1. The number of hydrogen-bond acceptors (Lipinski definition) is 3. The van der Waals surface area contributed by atoms with Crippen LogP contribution < -0.4 is 10.1 Å². The van der Waals surface area contributed by atoms with E-state index in [-0.39, 0.29) is 12.1 Å². The molecule has 1 N–H and O–H groups in total. The van der Waals surface area contributed by atoms with E-state index in [1.165, 1.54) is 5.56 Å². The number of hydrogen-bond donors (Lipinski definition) is 1. The summed E-state index contributed by atoms with van der Waals surface area (Å²) >= 11 is 5.99. The highest BCUT2D eigenvalue weighted by atomic mass is 35.5. The Bertz CT molecular complexity index is 660. The maximum atomic E-state index is 12.0. The van der Waals surface area contributed by atoms with Gasteiger partial charge in [0, 0.05) is 12.7 Å². The molecule has 0 unspecified atom stereocenters. The monoisotopic (exact) mass is 331 g/mol. The van der Waals surface area contributed by atoms with E-state index in [1.54, 1.807) is 23.2 Å².